The molecule has 0 atom stereocenters. The van der Waals surface area contributed by atoms with Gasteiger partial charge in [0.1, 0.15) is 13.9 Å². The second-order valence-corrected chi connectivity index (χ2v) is 26.6. The topological polar surface area (TPSA) is 35.9 Å². The Kier molecular flexibility index (Phi) is 6.68. The van der Waals surface area contributed by atoms with Gasteiger partial charge >= 0.3 is 0 Å². The van der Waals surface area contributed by atoms with Crippen molar-refractivity contribution in [1.29, 1.82) is 0 Å². The molecular formula is C76H76N4OPtSi-2. The SMILES string of the molecule is [2H]c1c([2H])c2c(c([2H])c1-c1cccc(-c3c([2H])c([2H])c4c(c3[2H])C(C([2H])([2H])[2H])(C([2H])([2H])[2H])C([2H])([2H])C([2H])([2H])C4(C([2H])([2H])[2H])C([2H])([2H])[2H])c1-[n+]1[c-]n(-c3[c-]c(Oc4[c-]c5c(cc4)c4cccc([Si](C)(C)c6ccccc6)c4n5-c4cc(C(C)(C)C)ccn4)ccc3)c3ccccc31)C(C([2H])([2H])[2H])(C([2H])([2H])[2H])C([2H])([2H])C([2H])([2H])C2(C([2H])([2H])[2H])C([2H])([2H])[2H].[Pt]. The van der Waals surface area contributed by atoms with Crippen molar-refractivity contribution in [3.8, 4) is 50.9 Å². The summed E-state index contributed by atoms with van der Waals surface area (Å²) >= 11 is 0. The van der Waals surface area contributed by atoms with Gasteiger partial charge in [-0.05, 0) is 131 Å². The Hall–Kier alpha value is -7.11. The van der Waals surface area contributed by atoms with Crippen molar-refractivity contribution < 1.29 is 82.5 Å². The van der Waals surface area contributed by atoms with Gasteiger partial charge in [0.05, 0.1) is 24.9 Å². The van der Waals surface area contributed by atoms with Gasteiger partial charge < -0.3 is 13.9 Å². The molecule has 0 amide bonds. The maximum atomic E-state index is 10.4. The second kappa shape index (κ2) is 20.3. The third kappa shape index (κ3) is 9.66. The van der Waals surface area contributed by atoms with Gasteiger partial charge in [-0.3, -0.25) is 4.57 Å². The van der Waals surface area contributed by atoms with E-state index in [-0.39, 0.29) is 54.7 Å². The van der Waals surface area contributed by atoms with Crippen LogP contribution in [0.25, 0.3) is 72.3 Å². The van der Waals surface area contributed by atoms with E-state index in [4.69, 9.17) is 42.6 Å². The Morgan fingerprint density at radius 3 is 1.86 bits per heavy atom. The van der Waals surface area contributed by atoms with Crippen LogP contribution in [0.2, 0.25) is 13.1 Å². The summed E-state index contributed by atoms with van der Waals surface area (Å²) in [7, 11) is -2.55. The van der Waals surface area contributed by atoms with E-state index >= 15 is 0 Å². The quantitative estimate of drug-likeness (QED) is 0.0820. The first kappa shape index (κ1) is 27.3. The van der Waals surface area contributed by atoms with E-state index < -0.39 is 196 Å². The van der Waals surface area contributed by atoms with Crippen LogP contribution in [0.4, 0.5) is 0 Å². The van der Waals surface area contributed by atoms with Crippen molar-refractivity contribution in [3.63, 3.8) is 0 Å². The standard InChI is InChI=1S/C76H76N4OSi.Pt/c1-72(2,3)52-38-43-77-69(46-52)80-67-48-55(34-35-59(67)60-28-21-31-68(71(60)80)82(12,13)56-24-15-14-16-25-56)81-54-23-19-22-53(47-54)78-49-79(66-30-18-17-29-65(66)78)70-57(50-32-36-61-63(44-50)75(8,9)41-39-73(61,4)5)26-20-27-58(70)51-33-37-62-64(45-51)76(10,11)42-40-74(62,6)7;/h14-38,43-46H,39-42H2,1-13H3;/q-2;/i4D3,5D3,6D3,7D3,8D3,9D3,10D3,11D3,32D,33D,36D,37D,39D2,40D2,41D2,42D2,44D,45D;. The number of para-hydroxylation sites is 4. The Morgan fingerprint density at radius 2 is 1.22 bits per heavy atom. The summed E-state index contributed by atoms with van der Waals surface area (Å²) in [4.78, 5) is 4.95. The van der Waals surface area contributed by atoms with Crippen LogP contribution < -0.4 is 19.7 Å². The van der Waals surface area contributed by atoms with Crippen LogP contribution >= 0.6 is 0 Å². The molecule has 0 N–H and O–H groups in total. The van der Waals surface area contributed by atoms with E-state index in [0.717, 1.165) is 55.0 Å². The molecular weight excluding hydrogens is 1210 g/mol. The minimum Gasteiger partial charge on any atom is -0.510 e. The first-order chi connectivity index (χ1) is 54.6. The maximum Gasteiger partial charge on any atom is 0.268 e. The minimum absolute atomic E-state index is 0. The maximum absolute atomic E-state index is 10.4. The zero-order valence-corrected chi connectivity index (χ0v) is 48.6. The molecule has 0 bridgehead atoms. The largest absolute Gasteiger partial charge is 0.510 e. The summed E-state index contributed by atoms with van der Waals surface area (Å²) in [6.07, 6.45) is -14.5. The van der Waals surface area contributed by atoms with Crippen molar-refractivity contribution in [1.82, 2.24) is 14.1 Å². The Bertz CT molecular complexity index is 5790. The molecule has 422 valence electrons. The summed E-state index contributed by atoms with van der Waals surface area (Å²) in [6.45, 7) is -25.7. The summed E-state index contributed by atoms with van der Waals surface area (Å²) in [5.41, 5.74) is -29.8. The fourth-order valence-electron chi connectivity index (χ4n) is 10.9. The van der Waals surface area contributed by atoms with Crippen molar-refractivity contribution in [2.24, 2.45) is 0 Å². The summed E-state index contributed by atoms with van der Waals surface area (Å²) in [6, 6.07) is 32.9. The van der Waals surface area contributed by atoms with E-state index in [1.54, 1.807) is 12.3 Å². The van der Waals surface area contributed by atoms with Gasteiger partial charge in [0.15, 0.2) is 0 Å². The molecule has 5 nitrogen and oxygen atoms in total. The zero-order chi connectivity index (χ0) is 89.7. The third-order valence-electron chi connectivity index (χ3n) is 15.3. The number of benzene rings is 8. The summed E-state index contributed by atoms with van der Waals surface area (Å²) in [5, 5.41) is 3.90. The minimum atomic E-state index is -4.86. The number of hydrogen-bond donors (Lipinski definition) is 0. The molecule has 3 heterocycles. The molecule has 0 saturated carbocycles. The van der Waals surface area contributed by atoms with Gasteiger partial charge in [-0.25, -0.2) is 4.98 Å². The number of ether oxygens (including phenoxy) is 1. The summed E-state index contributed by atoms with van der Waals surface area (Å²) < 4.78 is 365. The summed E-state index contributed by atoms with van der Waals surface area (Å²) in [5.74, 6) is 0.682. The van der Waals surface area contributed by atoms with Gasteiger partial charge in [0, 0.05) is 88.1 Å². The number of pyridine rings is 1. The molecule has 2 aliphatic rings. The van der Waals surface area contributed by atoms with Crippen LogP contribution in [-0.4, -0.2) is 22.2 Å². The Balaban J connectivity index is 0.0000134. The van der Waals surface area contributed by atoms with Crippen LogP contribution in [0.1, 0.15) is 181 Å². The van der Waals surface area contributed by atoms with Crippen LogP contribution in [-0.2, 0) is 48.1 Å². The predicted octanol–water partition coefficient (Wildman–Crippen LogP) is 17.7. The number of aromatic nitrogens is 4. The monoisotopic (exact) mass is 1320 g/mol. The molecule has 0 fully saturated rings. The molecule has 8 aromatic carbocycles. The molecule has 7 heteroatoms. The molecule has 0 aliphatic heterocycles. The van der Waals surface area contributed by atoms with E-state index in [2.05, 4.69) is 70.5 Å². The molecule has 0 spiro atoms. The molecule has 83 heavy (non-hydrogen) atoms. The number of nitrogens with zero attached hydrogens (tertiary/aromatic N) is 4. The Morgan fingerprint density at radius 1 is 0.627 bits per heavy atom. The number of hydrogen-bond acceptors (Lipinski definition) is 2. The van der Waals surface area contributed by atoms with Gasteiger partial charge in [-0.15, -0.1) is 29.7 Å². The number of imidazole rings is 1. The normalized spacial score (nSPS) is 26.5. The fourth-order valence-corrected chi connectivity index (χ4v) is 13.6. The first-order valence-corrected chi connectivity index (χ1v) is 29.2. The molecule has 0 saturated heterocycles. The van der Waals surface area contributed by atoms with Gasteiger partial charge in [-0.1, -0.05) is 227 Å². The molecule has 0 radical (unpaired) electrons. The zero-order valence-electron chi connectivity index (χ0n) is 83.3. The van der Waals surface area contributed by atoms with Crippen LogP contribution in [0, 0.1) is 18.5 Å². The van der Waals surface area contributed by atoms with Crippen molar-refractivity contribution in [2.75, 3.05) is 0 Å². The van der Waals surface area contributed by atoms with Crippen molar-refractivity contribution in [3.05, 3.63) is 222 Å². The van der Waals surface area contributed by atoms with Gasteiger partial charge in [0.25, 0.3) is 6.33 Å². The van der Waals surface area contributed by atoms with Crippen LogP contribution in [0.5, 0.6) is 11.5 Å². The third-order valence-corrected chi connectivity index (χ3v) is 18.8. The fraction of sp³-hybridized carbons (Fsp3) is 0.289. The average molecular weight is 1320 g/mol. The molecule has 0 unspecified atom stereocenters. The predicted molar refractivity (Wildman–Crippen MR) is 343 cm³/mol. The van der Waals surface area contributed by atoms with Crippen molar-refractivity contribution in [2.45, 2.75) is 141 Å². The van der Waals surface area contributed by atoms with E-state index in [1.807, 2.05) is 53.1 Å². The van der Waals surface area contributed by atoms with E-state index in [1.165, 1.54) is 47.0 Å². The molecule has 3 aromatic heterocycles. The van der Waals surface area contributed by atoms with Gasteiger partial charge in [0.2, 0.25) is 0 Å². The molecule has 13 rings (SSSR count). The second-order valence-electron chi connectivity index (χ2n) is 22.2. The number of fused-ring (bicyclic) bond motifs is 6. The van der Waals surface area contributed by atoms with Gasteiger partial charge in [-0.2, -0.15) is 18.2 Å². The Labute approximate surface area is 561 Å². The van der Waals surface area contributed by atoms with E-state index in [9.17, 15) is 19.2 Å². The number of rotatable bonds is 9. The average Bonchev–Trinajstić information content (AvgIpc) is 0.979. The molecule has 2 aliphatic carbocycles. The van der Waals surface area contributed by atoms with Crippen LogP contribution in [0.3, 0.4) is 0 Å². The van der Waals surface area contributed by atoms with Crippen molar-refractivity contribution >= 4 is 51.3 Å². The smallest absolute Gasteiger partial charge is 0.268 e. The van der Waals surface area contributed by atoms with Crippen LogP contribution in [0.15, 0.2) is 176 Å². The first-order valence-electron chi connectivity index (χ1n) is 45.2. The van der Waals surface area contributed by atoms with E-state index in [0.29, 0.717) is 11.3 Å². The molecule has 11 aromatic rings.